The minimum Gasteiger partial charge on any atom is -0.489 e. The van der Waals surface area contributed by atoms with E-state index < -0.39 is 11.9 Å². The van der Waals surface area contributed by atoms with Crippen molar-refractivity contribution < 1.29 is 14.3 Å². The average Bonchev–Trinajstić information content (AvgIpc) is 2.84. The van der Waals surface area contributed by atoms with E-state index in [1.807, 2.05) is 19.9 Å². The summed E-state index contributed by atoms with van der Waals surface area (Å²) in [6, 6.07) is 13.5. The van der Waals surface area contributed by atoms with Crippen LogP contribution >= 0.6 is 11.6 Å². The van der Waals surface area contributed by atoms with E-state index in [0.717, 1.165) is 4.90 Å². The lowest BCUT2D eigenvalue weighted by molar-refractivity contribution is -0.113. The maximum atomic E-state index is 12.5. The zero-order valence-corrected chi connectivity index (χ0v) is 14.6. The van der Waals surface area contributed by atoms with E-state index in [-0.39, 0.29) is 11.8 Å². The monoisotopic (exact) mass is 356 g/mol. The number of amides is 3. The molecule has 25 heavy (non-hydrogen) atoms. The van der Waals surface area contributed by atoms with Crippen molar-refractivity contribution in [1.29, 1.82) is 0 Å². The van der Waals surface area contributed by atoms with Crippen molar-refractivity contribution in [3.8, 4) is 5.75 Å². The van der Waals surface area contributed by atoms with E-state index in [2.05, 4.69) is 5.32 Å². The normalized spacial score (nSPS) is 15.8. The predicted octanol–water partition coefficient (Wildman–Crippen LogP) is 4.22. The lowest BCUT2D eigenvalue weighted by atomic mass is 10.1. The lowest BCUT2D eigenvalue weighted by Gasteiger charge is -2.11. The second-order valence-electron chi connectivity index (χ2n) is 5.82. The molecule has 0 aromatic heterocycles. The van der Waals surface area contributed by atoms with Gasteiger partial charge in [-0.15, -0.1) is 0 Å². The van der Waals surface area contributed by atoms with Gasteiger partial charge in [0.1, 0.15) is 11.4 Å². The summed E-state index contributed by atoms with van der Waals surface area (Å²) in [6.07, 6.45) is 1.60. The summed E-state index contributed by atoms with van der Waals surface area (Å²) in [5.41, 5.74) is 1.41. The molecule has 128 valence electrons. The van der Waals surface area contributed by atoms with Crippen LogP contribution in [0.3, 0.4) is 0 Å². The summed E-state index contributed by atoms with van der Waals surface area (Å²) in [4.78, 5) is 25.8. The molecule has 0 bridgehead atoms. The molecule has 1 saturated heterocycles. The Morgan fingerprint density at radius 2 is 1.84 bits per heavy atom. The Balaban J connectivity index is 1.86. The number of carbonyl (C=O) groups is 2. The maximum absolute atomic E-state index is 12.5. The van der Waals surface area contributed by atoms with E-state index in [1.165, 1.54) is 0 Å². The SMILES string of the molecule is CC(C)Oc1ccc(/C=C2/NC(=O)N(c3ccccc3)C2=O)cc1Cl. The van der Waals surface area contributed by atoms with Crippen molar-refractivity contribution in [3.05, 3.63) is 64.8 Å². The van der Waals surface area contributed by atoms with E-state index in [4.69, 9.17) is 16.3 Å². The standard InChI is InChI=1S/C19H17ClN2O3/c1-12(2)25-17-9-8-13(10-15(17)20)11-16-18(23)22(19(24)21-16)14-6-4-3-5-7-14/h3-12H,1-2H3,(H,21,24)/b16-11+. The molecule has 0 radical (unpaired) electrons. The summed E-state index contributed by atoms with van der Waals surface area (Å²) in [6.45, 7) is 3.83. The molecule has 5 nitrogen and oxygen atoms in total. The predicted molar refractivity (Wildman–Crippen MR) is 97.7 cm³/mol. The molecule has 1 fully saturated rings. The van der Waals surface area contributed by atoms with Crippen molar-refractivity contribution in [2.24, 2.45) is 0 Å². The molecule has 1 aliphatic rings. The molecule has 6 heteroatoms. The minimum absolute atomic E-state index is 0.0110. The summed E-state index contributed by atoms with van der Waals surface area (Å²) in [7, 11) is 0. The van der Waals surface area contributed by atoms with Crippen LogP contribution in [0.1, 0.15) is 19.4 Å². The Hall–Kier alpha value is -2.79. The third-order valence-corrected chi connectivity index (χ3v) is 3.82. The van der Waals surface area contributed by atoms with Crippen LogP contribution in [0.2, 0.25) is 5.02 Å². The molecule has 0 unspecified atom stereocenters. The Bertz CT molecular complexity index is 847. The molecule has 3 rings (SSSR count). The van der Waals surface area contributed by atoms with Gasteiger partial charge < -0.3 is 10.1 Å². The number of ether oxygens (including phenoxy) is 1. The smallest absolute Gasteiger partial charge is 0.333 e. The summed E-state index contributed by atoms with van der Waals surface area (Å²) in [5, 5.41) is 3.04. The number of carbonyl (C=O) groups excluding carboxylic acids is 2. The molecule has 0 aliphatic carbocycles. The maximum Gasteiger partial charge on any atom is 0.333 e. The molecule has 1 N–H and O–H groups in total. The molecule has 3 amide bonds. The van der Waals surface area contributed by atoms with E-state index in [1.54, 1.807) is 48.5 Å². The van der Waals surface area contributed by atoms with Gasteiger partial charge in [-0.25, -0.2) is 9.69 Å². The highest BCUT2D eigenvalue weighted by Crippen LogP contribution is 2.28. The largest absolute Gasteiger partial charge is 0.489 e. The third-order valence-electron chi connectivity index (χ3n) is 3.52. The van der Waals surface area contributed by atoms with Gasteiger partial charge in [0, 0.05) is 0 Å². The van der Waals surface area contributed by atoms with E-state index in [9.17, 15) is 9.59 Å². The molecule has 0 saturated carbocycles. The van der Waals surface area contributed by atoms with Gasteiger partial charge in [-0.1, -0.05) is 35.9 Å². The van der Waals surface area contributed by atoms with Crippen LogP contribution in [-0.2, 0) is 4.79 Å². The quantitative estimate of drug-likeness (QED) is 0.659. The first kappa shape index (κ1) is 17.0. The Kier molecular flexibility index (Phi) is 4.76. The van der Waals surface area contributed by atoms with Crippen LogP contribution in [0.15, 0.2) is 54.2 Å². The number of hydrogen-bond donors (Lipinski definition) is 1. The van der Waals surface area contributed by atoms with Gasteiger partial charge in [0.05, 0.1) is 16.8 Å². The summed E-state index contributed by atoms with van der Waals surface area (Å²) < 4.78 is 5.59. The van der Waals surface area contributed by atoms with E-state index >= 15 is 0 Å². The van der Waals surface area contributed by atoms with E-state index in [0.29, 0.717) is 22.0 Å². The molecular formula is C19H17ClN2O3. The van der Waals surface area contributed by atoms with Crippen LogP contribution in [-0.4, -0.2) is 18.0 Å². The average molecular weight is 357 g/mol. The Morgan fingerprint density at radius 1 is 1.12 bits per heavy atom. The first-order chi connectivity index (χ1) is 12.0. The van der Waals surface area contributed by atoms with Crippen LogP contribution in [0.25, 0.3) is 6.08 Å². The van der Waals surface area contributed by atoms with Gasteiger partial charge in [-0.05, 0) is 49.8 Å². The molecule has 2 aromatic rings. The van der Waals surface area contributed by atoms with Gasteiger partial charge in [0.25, 0.3) is 5.91 Å². The zero-order chi connectivity index (χ0) is 18.0. The lowest BCUT2D eigenvalue weighted by Crippen LogP contribution is -2.30. The first-order valence-electron chi connectivity index (χ1n) is 7.84. The van der Waals surface area contributed by atoms with Crippen molar-refractivity contribution in [2.75, 3.05) is 4.90 Å². The number of rotatable bonds is 4. The molecule has 0 spiro atoms. The van der Waals surface area contributed by atoms with Crippen LogP contribution in [0, 0.1) is 0 Å². The number of para-hydroxylation sites is 1. The van der Waals surface area contributed by atoms with Gasteiger partial charge >= 0.3 is 6.03 Å². The number of hydrogen-bond acceptors (Lipinski definition) is 3. The minimum atomic E-state index is -0.478. The number of urea groups is 1. The number of imide groups is 1. The first-order valence-corrected chi connectivity index (χ1v) is 8.22. The number of nitrogens with zero attached hydrogens (tertiary/aromatic N) is 1. The van der Waals surface area contributed by atoms with Gasteiger partial charge in [-0.3, -0.25) is 4.79 Å². The Morgan fingerprint density at radius 3 is 2.48 bits per heavy atom. The van der Waals surface area contributed by atoms with Crippen molar-refractivity contribution in [1.82, 2.24) is 5.32 Å². The molecule has 1 heterocycles. The second-order valence-corrected chi connectivity index (χ2v) is 6.23. The van der Waals surface area contributed by atoms with Crippen molar-refractivity contribution in [3.63, 3.8) is 0 Å². The van der Waals surface area contributed by atoms with Gasteiger partial charge in [0.15, 0.2) is 0 Å². The number of nitrogens with one attached hydrogen (secondary N) is 1. The van der Waals surface area contributed by atoms with Crippen LogP contribution < -0.4 is 15.0 Å². The van der Waals surface area contributed by atoms with Crippen molar-refractivity contribution >= 4 is 35.3 Å². The third kappa shape index (κ3) is 3.67. The Labute approximate surface area is 150 Å². The molecular weight excluding hydrogens is 340 g/mol. The number of anilines is 1. The summed E-state index contributed by atoms with van der Waals surface area (Å²) in [5.74, 6) is 0.168. The number of benzene rings is 2. The van der Waals surface area contributed by atoms with Crippen LogP contribution in [0.5, 0.6) is 5.75 Å². The fourth-order valence-corrected chi connectivity index (χ4v) is 2.70. The molecule has 0 atom stereocenters. The molecule has 2 aromatic carbocycles. The summed E-state index contributed by atoms with van der Waals surface area (Å²) >= 11 is 6.21. The fraction of sp³-hybridized carbons (Fsp3) is 0.158. The second kappa shape index (κ2) is 6.99. The van der Waals surface area contributed by atoms with Crippen molar-refractivity contribution in [2.45, 2.75) is 20.0 Å². The van der Waals surface area contributed by atoms with Crippen LogP contribution in [0.4, 0.5) is 10.5 Å². The topological polar surface area (TPSA) is 58.6 Å². The molecule has 1 aliphatic heterocycles. The van der Waals surface area contributed by atoms with Gasteiger partial charge in [-0.2, -0.15) is 0 Å². The fourth-order valence-electron chi connectivity index (χ4n) is 2.47. The zero-order valence-electron chi connectivity index (χ0n) is 13.8. The highest BCUT2D eigenvalue weighted by molar-refractivity contribution is 6.32. The highest BCUT2D eigenvalue weighted by Gasteiger charge is 2.34. The van der Waals surface area contributed by atoms with Gasteiger partial charge in [0.2, 0.25) is 0 Å². The number of halogens is 1. The highest BCUT2D eigenvalue weighted by atomic mass is 35.5.